The second-order valence-corrected chi connectivity index (χ2v) is 9.21. The highest BCUT2D eigenvalue weighted by Gasteiger charge is 2.29. The van der Waals surface area contributed by atoms with Gasteiger partial charge in [-0.15, -0.1) is 11.3 Å². The molecule has 0 spiro atoms. The Hall–Kier alpha value is -3.23. The first-order chi connectivity index (χ1) is 16.5. The molecule has 6 nitrogen and oxygen atoms in total. The van der Waals surface area contributed by atoms with E-state index in [1.807, 2.05) is 52.7 Å². The lowest BCUT2D eigenvalue weighted by atomic mass is 10.0. The quantitative estimate of drug-likeness (QED) is 0.534. The van der Waals surface area contributed by atoms with E-state index in [1.54, 1.807) is 12.1 Å². The Labute approximate surface area is 203 Å². The van der Waals surface area contributed by atoms with Gasteiger partial charge in [0.25, 0.3) is 5.91 Å². The van der Waals surface area contributed by atoms with Crippen LogP contribution in [0.3, 0.4) is 0 Å². The number of thiophene rings is 1. The van der Waals surface area contributed by atoms with Gasteiger partial charge in [0.05, 0.1) is 12.0 Å². The Morgan fingerprint density at radius 2 is 1.79 bits per heavy atom. The summed E-state index contributed by atoms with van der Waals surface area (Å²) < 4.78 is 19.0. The molecule has 34 heavy (non-hydrogen) atoms. The van der Waals surface area contributed by atoms with Crippen molar-refractivity contribution in [3.8, 4) is 5.75 Å². The van der Waals surface area contributed by atoms with Crippen LogP contribution in [0.2, 0.25) is 0 Å². The van der Waals surface area contributed by atoms with Crippen molar-refractivity contribution in [2.24, 2.45) is 0 Å². The Balaban J connectivity index is 1.38. The summed E-state index contributed by atoms with van der Waals surface area (Å²) in [5.74, 6) is -0.458. The summed E-state index contributed by atoms with van der Waals surface area (Å²) in [6.45, 7) is 3.06. The Bertz CT molecular complexity index is 1100. The van der Waals surface area contributed by atoms with Crippen LogP contribution in [0.1, 0.15) is 20.8 Å². The summed E-state index contributed by atoms with van der Waals surface area (Å²) in [5.41, 5.74) is 1.86. The summed E-state index contributed by atoms with van der Waals surface area (Å²) >= 11 is 1.35. The number of halogens is 1. The molecular formula is C26H28FN3O3S. The van der Waals surface area contributed by atoms with Crippen LogP contribution in [-0.4, -0.2) is 60.9 Å². The summed E-state index contributed by atoms with van der Waals surface area (Å²) in [6.07, 6.45) is 0.433. The van der Waals surface area contributed by atoms with Gasteiger partial charge in [-0.1, -0.05) is 42.5 Å². The predicted molar refractivity (Wildman–Crippen MR) is 131 cm³/mol. The van der Waals surface area contributed by atoms with Crippen molar-refractivity contribution in [3.63, 3.8) is 0 Å². The zero-order valence-electron chi connectivity index (χ0n) is 19.1. The number of rotatable bonds is 8. The zero-order valence-corrected chi connectivity index (χ0v) is 19.9. The number of carbonyl (C=O) groups excluding carboxylic acids is 2. The van der Waals surface area contributed by atoms with Crippen molar-refractivity contribution in [2.75, 3.05) is 33.3 Å². The van der Waals surface area contributed by atoms with E-state index in [4.69, 9.17) is 4.74 Å². The van der Waals surface area contributed by atoms with Crippen molar-refractivity contribution in [1.29, 1.82) is 0 Å². The Morgan fingerprint density at radius 1 is 1.03 bits per heavy atom. The molecule has 1 aliphatic rings. The standard InChI is InChI=1S/C26H28FN3O3S/c1-33-23-10-9-20(16-21(23)27)18-29-11-13-30(14-12-29)26(32)22(17-19-6-3-2-4-7-19)28-25(31)24-8-5-15-34-24/h2-10,15-16,22H,11-14,17-18H2,1H3,(H,28,31)/t22-/m1/s1. The van der Waals surface area contributed by atoms with Gasteiger partial charge >= 0.3 is 0 Å². The molecule has 1 aliphatic heterocycles. The predicted octanol–water partition coefficient (Wildman–Crippen LogP) is 3.58. The fraction of sp³-hybridized carbons (Fsp3) is 0.308. The third-order valence-corrected chi connectivity index (χ3v) is 6.81. The van der Waals surface area contributed by atoms with Gasteiger partial charge in [-0.25, -0.2) is 4.39 Å². The number of nitrogens with zero attached hydrogens (tertiary/aromatic N) is 2. The van der Waals surface area contributed by atoms with Crippen molar-refractivity contribution in [3.05, 3.63) is 87.9 Å². The van der Waals surface area contributed by atoms with Gasteiger partial charge in [-0.2, -0.15) is 0 Å². The van der Waals surface area contributed by atoms with E-state index in [9.17, 15) is 14.0 Å². The number of amides is 2. The first-order valence-corrected chi connectivity index (χ1v) is 12.1. The number of piperazine rings is 1. The summed E-state index contributed by atoms with van der Waals surface area (Å²) in [5, 5.41) is 4.79. The number of nitrogens with one attached hydrogen (secondary N) is 1. The van der Waals surface area contributed by atoms with Crippen LogP contribution >= 0.6 is 11.3 Å². The van der Waals surface area contributed by atoms with Crippen molar-refractivity contribution in [1.82, 2.24) is 15.1 Å². The molecule has 1 fully saturated rings. The lowest BCUT2D eigenvalue weighted by Gasteiger charge is -2.36. The molecule has 178 valence electrons. The molecular weight excluding hydrogens is 453 g/mol. The number of ether oxygens (including phenoxy) is 1. The van der Waals surface area contributed by atoms with E-state index < -0.39 is 6.04 Å². The minimum atomic E-state index is -0.640. The molecule has 2 amide bonds. The van der Waals surface area contributed by atoms with Crippen LogP contribution < -0.4 is 10.1 Å². The molecule has 1 N–H and O–H groups in total. The van der Waals surface area contributed by atoms with Gasteiger partial charge in [0.2, 0.25) is 5.91 Å². The largest absolute Gasteiger partial charge is 0.494 e. The average Bonchev–Trinajstić information content (AvgIpc) is 3.40. The number of carbonyl (C=O) groups is 2. The second kappa shape index (κ2) is 11.3. The van der Waals surface area contributed by atoms with Crippen LogP contribution in [0.4, 0.5) is 4.39 Å². The zero-order chi connectivity index (χ0) is 23.9. The van der Waals surface area contributed by atoms with Crippen LogP contribution in [-0.2, 0) is 17.8 Å². The maximum atomic E-state index is 14.0. The Morgan fingerprint density at radius 3 is 2.44 bits per heavy atom. The first kappa shape index (κ1) is 23.9. The maximum Gasteiger partial charge on any atom is 0.262 e. The highest BCUT2D eigenvalue weighted by Crippen LogP contribution is 2.19. The normalized spacial score (nSPS) is 15.1. The van der Waals surface area contributed by atoms with Crippen molar-refractivity contribution >= 4 is 23.2 Å². The molecule has 0 aliphatic carbocycles. The van der Waals surface area contributed by atoms with E-state index in [2.05, 4.69) is 10.2 Å². The molecule has 8 heteroatoms. The fourth-order valence-electron chi connectivity index (χ4n) is 4.10. The van der Waals surface area contributed by atoms with E-state index in [1.165, 1.54) is 24.5 Å². The van der Waals surface area contributed by atoms with Crippen LogP contribution in [0.15, 0.2) is 66.0 Å². The van der Waals surface area contributed by atoms with E-state index in [0.717, 1.165) is 11.1 Å². The number of hydrogen-bond acceptors (Lipinski definition) is 5. The van der Waals surface area contributed by atoms with E-state index in [0.29, 0.717) is 44.0 Å². The van der Waals surface area contributed by atoms with Gasteiger partial charge in [-0.05, 0) is 34.7 Å². The molecule has 0 radical (unpaired) electrons. The molecule has 0 saturated carbocycles. The molecule has 0 unspecified atom stereocenters. The van der Waals surface area contributed by atoms with Crippen LogP contribution in [0.5, 0.6) is 5.75 Å². The number of benzene rings is 2. The molecule has 0 bridgehead atoms. The van der Waals surface area contributed by atoms with Gasteiger partial charge in [-0.3, -0.25) is 14.5 Å². The lowest BCUT2D eigenvalue weighted by molar-refractivity contribution is -0.135. The topological polar surface area (TPSA) is 61.9 Å². The van der Waals surface area contributed by atoms with E-state index >= 15 is 0 Å². The number of methoxy groups -OCH3 is 1. The summed E-state index contributed by atoms with van der Waals surface area (Å²) in [6, 6.07) is 17.6. The van der Waals surface area contributed by atoms with Crippen LogP contribution in [0.25, 0.3) is 0 Å². The lowest BCUT2D eigenvalue weighted by Crippen LogP contribution is -2.55. The van der Waals surface area contributed by atoms with Crippen molar-refractivity contribution in [2.45, 2.75) is 19.0 Å². The smallest absolute Gasteiger partial charge is 0.262 e. The average molecular weight is 482 g/mol. The second-order valence-electron chi connectivity index (χ2n) is 8.26. The minimum Gasteiger partial charge on any atom is -0.494 e. The molecule has 2 heterocycles. The monoisotopic (exact) mass is 481 g/mol. The third-order valence-electron chi connectivity index (χ3n) is 5.94. The molecule has 1 atom stereocenters. The molecule has 4 rings (SSSR count). The highest BCUT2D eigenvalue weighted by molar-refractivity contribution is 7.12. The summed E-state index contributed by atoms with van der Waals surface area (Å²) in [7, 11) is 1.45. The van der Waals surface area contributed by atoms with Gasteiger partial charge in [0.1, 0.15) is 6.04 Å². The maximum absolute atomic E-state index is 14.0. The van der Waals surface area contributed by atoms with Gasteiger partial charge in [0.15, 0.2) is 11.6 Å². The molecule has 1 saturated heterocycles. The Kier molecular flexibility index (Phi) is 7.92. The van der Waals surface area contributed by atoms with Gasteiger partial charge < -0.3 is 15.0 Å². The SMILES string of the molecule is COc1ccc(CN2CCN(C(=O)[C@@H](Cc3ccccc3)NC(=O)c3cccs3)CC2)cc1F. The van der Waals surface area contributed by atoms with E-state index in [-0.39, 0.29) is 23.4 Å². The van der Waals surface area contributed by atoms with Crippen molar-refractivity contribution < 1.29 is 18.7 Å². The first-order valence-electron chi connectivity index (χ1n) is 11.3. The third kappa shape index (κ3) is 6.01. The molecule has 1 aromatic heterocycles. The molecule has 2 aromatic carbocycles. The fourth-order valence-corrected chi connectivity index (χ4v) is 4.73. The minimum absolute atomic E-state index is 0.0797. The highest BCUT2D eigenvalue weighted by atomic mass is 32.1. The summed E-state index contributed by atoms with van der Waals surface area (Å²) in [4.78, 5) is 30.7. The van der Waals surface area contributed by atoms with Crippen LogP contribution in [0, 0.1) is 5.82 Å². The number of hydrogen-bond donors (Lipinski definition) is 1. The van der Waals surface area contributed by atoms with Gasteiger partial charge in [0, 0.05) is 39.1 Å². The molecule has 3 aromatic rings.